The number of aliphatic imine (C=N–C) groups is 1. The first-order valence-corrected chi connectivity index (χ1v) is 10.1. The number of halogens is 2. The van der Waals surface area contributed by atoms with Crippen LogP contribution >= 0.6 is 23.2 Å². The number of rotatable bonds is 4. The zero-order valence-electron chi connectivity index (χ0n) is 16.2. The monoisotopic (exact) mass is 453 g/mol. The highest BCUT2D eigenvalue weighted by Crippen LogP contribution is 2.31. The van der Waals surface area contributed by atoms with E-state index in [0.717, 1.165) is 10.6 Å². The molecule has 0 bridgehead atoms. The molecule has 1 heterocycles. The number of benzene rings is 3. The van der Waals surface area contributed by atoms with E-state index in [1.165, 1.54) is 0 Å². The third-order valence-electron chi connectivity index (χ3n) is 4.78. The third kappa shape index (κ3) is 4.32. The fourth-order valence-corrected chi connectivity index (χ4v) is 3.64. The van der Waals surface area contributed by atoms with Gasteiger partial charge in [0, 0.05) is 21.2 Å². The lowest BCUT2D eigenvalue weighted by atomic mass is 10.0. The van der Waals surface area contributed by atoms with E-state index in [0.29, 0.717) is 32.6 Å². The van der Waals surface area contributed by atoms with Gasteiger partial charge in [0.2, 0.25) is 6.04 Å². The van der Waals surface area contributed by atoms with E-state index in [1.54, 1.807) is 42.5 Å². The third-order valence-corrected chi connectivity index (χ3v) is 5.34. The van der Waals surface area contributed by atoms with Crippen molar-refractivity contribution in [2.24, 2.45) is 10.8 Å². The summed E-state index contributed by atoms with van der Waals surface area (Å²) in [6.45, 7) is 0.00372. The summed E-state index contributed by atoms with van der Waals surface area (Å²) in [4.78, 5) is 30.4. The van der Waals surface area contributed by atoms with E-state index in [2.05, 4.69) is 4.99 Å². The molecule has 1 aliphatic heterocycles. The summed E-state index contributed by atoms with van der Waals surface area (Å²) in [5, 5.41) is 1.72. The second kappa shape index (κ2) is 8.89. The molecule has 0 fully saturated rings. The number of hydrazine groups is 1. The number of ether oxygens (including phenoxy) is 1. The number of esters is 1. The zero-order valence-corrected chi connectivity index (χ0v) is 17.7. The van der Waals surface area contributed by atoms with Crippen LogP contribution < -0.4 is 10.9 Å². The maximum Gasteiger partial charge on any atom is 0.341 e. The van der Waals surface area contributed by atoms with Gasteiger partial charge in [0.05, 0.1) is 11.4 Å². The molecule has 0 radical (unpaired) electrons. The minimum Gasteiger partial charge on any atom is -0.459 e. The Balaban J connectivity index is 1.78. The van der Waals surface area contributed by atoms with Gasteiger partial charge in [-0.2, -0.15) is 0 Å². The van der Waals surface area contributed by atoms with Gasteiger partial charge >= 0.3 is 5.97 Å². The molecule has 0 aliphatic carbocycles. The molecule has 0 spiro atoms. The highest BCUT2D eigenvalue weighted by atomic mass is 35.5. The Kier molecular flexibility index (Phi) is 6.04. The maximum absolute atomic E-state index is 13.0. The van der Waals surface area contributed by atoms with Crippen molar-refractivity contribution in [3.05, 3.63) is 99.5 Å². The van der Waals surface area contributed by atoms with E-state index in [4.69, 9.17) is 33.8 Å². The van der Waals surface area contributed by atoms with E-state index < -0.39 is 17.9 Å². The van der Waals surface area contributed by atoms with Gasteiger partial charge < -0.3 is 4.74 Å². The lowest BCUT2D eigenvalue weighted by Crippen LogP contribution is -2.46. The van der Waals surface area contributed by atoms with Gasteiger partial charge in [-0.3, -0.25) is 9.79 Å². The molecule has 0 saturated heterocycles. The highest BCUT2D eigenvalue weighted by Gasteiger charge is 2.37. The Hall–Kier alpha value is -3.19. The number of amides is 1. The Morgan fingerprint density at radius 2 is 1.71 bits per heavy atom. The molecule has 0 saturated carbocycles. The number of hydrogen-bond acceptors (Lipinski definition) is 5. The van der Waals surface area contributed by atoms with Crippen molar-refractivity contribution in [3.63, 3.8) is 0 Å². The number of carbonyl (C=O) groups is 2. The van der Waals surface area contributed by atoms with Crippen molar-refractivity contribution >= 4 is 46.5 Å². The average molecular weight is 454 g/mol. The van der Waals surface area contributed by atoms with Crippen molar-refractivity contribution in [2.75, 3.05) is 5.01 Å². The fourth-order valence-electron chi connectivity index (χ4n) is 3.24. The molecule has 6 nitrogen and oxygen atoms in total. The SMILES string of the molecule is NN1C(=O)C(C(=O)OCc2ccccc2)N=C(c2ccccc2Cl)c2cc(Cl)ccc21. The molecule has 3 aromatic rings. The number of benzodiazepines with no additional fused rings is 1. The molecule has 8 heteroatoms. The van der Waals surface area contributed by atoms with Gasteiger partial charge in [-0.15, -0.1) is 0 Å². The molecule has 156 valence electrons. The Bertz CT molecular complexity index is 1180. The van der Waals surface area contributed by atoms with Crippen LogP contribution in [0.25, 0.3) is 0 Å². The lowest BCUT2D eigenvalue weighted by molar-refractivity contribution is -0.149. The van der Waals surface area contributed by atoms with Crippen molar-refractivity contribution in [1.29, 1.82) is 0 Å². The van der Waals surface area contributed by atoms with Crippen LogP contribution in [0.3, 0.4) is 0 Å². The molecule has 1 atom stereocenters. The molecule has 3 aromatic carbocycles. The first-order chi connectivity index (χ1) is 15.0. The summed E-state index contributed by atoms with van der Waals surface area (Å²) in [7, 11) is 0. The van der Waals surface area contributed by atoms with Gasteiger partial charge in [0.25, 0.3) is 5.91 Å². The summed E-state index contributed by atoms with van der Waals surface area (Å²) >= 11 is 12.6. The first kappa shape index (κ1) is 21.1. The summed E-state index contributed by atoms with van der Waals surface area (Å²) in [5.74, 6) is 4.55. The molecular weight excluding hydrogens is 437 g/mol. The second-order valence-corrected chi connectivity index (χ2v) is 7.67. The Morgan fingerprint density at radius 3 is 2.45 bits per heavy atom. The van der Waals surface area contributed by atoms with Crippen LogP contribution in [0.2, 0.25) is 10.0 Å². The molecule has 1 unspecified atom stereocenters. The predicted octanol–water partition coefficient (Wildman–Crippen LogP) is 4.16. The highest BCUT2D eigenvalue weighted by molar-refractivity contribution is 6.37. The molecule has 2 N–H and O–H groups in total. The normalized spacial score (nSPS) is 15.7. The van der Waals surface area contributed by atoms with Crippen LogP contribution in [0, 0.1) is 0 Å². The fraction of sp³-hybridized carbons (Fsp3) is 0.0870. The summed E-state index contributed by atoms with van der Waals surface area (Å²) in [5.41, 5.74) is 2.48. The second-order valence-electron chi connectivity index (χ2n) is 6.82. The first-order valence-electron chi connectivity index (χ1n) is 9.37. The van der Waals surface area contributed by atoms with E-state index in [-0.39, 0.29) is 6.61 Å². The van der Waals surface area contributed by atoms with Crippen molar-refractivity contribution in [3.8, 4) is 0 Å². The minimum atomic E-state index is -1.49. The van der Waals surface area contributed by atoms with Gasteiger partial charge in [0.1, 0.15) is 6.61 Å². The zero-order chi connectivity index (χ0) is 22.0. The van der Waals surface area contributed by atoms with E-state index in [1.807, 2.05) is 30.3 Å². The summed E-state index contributed by atoms with van der Waals surface area (Å²) < 4.78 is 5.37. The van der Waals surface area contributed by atoms with Gasteiger partial charge in [0.15, 0.2) is 0 Å². The van der Waals surface area contributed by atoms with Crippen LogP contribution in [-0.2, 0) is 20.9 Å². The average Bonchev–Trinajstić information content (AvgIpc) is 2.88. The van der Waals surface area contributed by atoms with Gasteiger partial charge in [-0.05, 0) is 29.8 Å². The van der Waals surface area contributed by atoms with E-state index >= 15 is 0 Å². The smallest absolute Gasteiger partial charge is 0.341 e. The summed E-state index contributed by atoms with van der Waals surface area (Å²) in [6, 6.07) is 19.5. The van der Waals surface area contributed by atoms with Crippen LogP contribution in [0.15, 0.2) is 77.8 Å². The van der Waals surface area contributed by atoms with Crippen molar-refractivity contribution in [2.45, 2.75) is 12.6 Å². The standard InChI is InChI=1S/C23H17Cl2N3O3/c24-15-10-11-19-17(12-15)20(16-8-4-5-9-18(16)25)27-21(22(29)28(19)26)23(30)31-13-14-6-2-1-3-7-14/h1-12,21H,13,26H2. The number of fused-ring (bicyclic) bond motifs is 1. The molecule has 4 rings (SSSR count). The Labute approximate surface area is 188 Å². The van der Waals surface area contributed by atoms with Crippen LogP contribution in [0.5, 0.6) is 0 Å². The van der Waals surface area contributed by atoms with Crippen molar-refractivity contribution < 1.29 is 14.3 Å². The largest absolute Gasteiger partial charge is 0.459 e. The van der Waals surface area contributed by atoms with Crippen molar-refractivity contribution in [1.82, 2.24) is 0 Å². The van der Waals surface area contributed by atoms with Crippen LogP contribution in [0.1, 0.15) is 16.7 Å². The van der Waals surface area contributed by atoms with Gasteiger partial charge in [-0.25, -0.2) is 15.6 Å². The predicted molar refractivity (Wildman–Crippen MR) is 120 cm³/mol. The number of nitrogens with two attached hydrogens (primary N) is 1. The Morgan fingerprint density at radius 1 is 1.00 bits per heavy atom. The number of anilines is 1. The number of carbonyl (C=O) groups excluding carboxylic acids is 2. The quantitative estimate of drug-likeness (QED) is 0.278. The topological polar surface area (TPSA) is 85.0 Å². The number of hydrogen-bond donors (Lipinski definition) is 1. The molecular formula is C23H17Cl2N3O3. The lowest BCUT2D eigenvalue weighted by Gasteiger charge is -2.19. The molecule has 31 heavy (non-hydrogen) atoms. The summed E-state index contributed by atoms with van der Waals surface area (Å²) in [6.07, 6.45) is 0. The molecule has 1 aliphatic rings. The number of nitrogens with zero attached hydrogens (tertiary/aromatic N) is 2. The molecule has 0 aromatic heterocycles. The van der Waals surface area contributed by atoms with Crippen LogP contribution in [-0.4, -0.2) is 23.6 Å². The molecule has 1 amide bonds. The maximum atomic E-state index is 13.0. The van der Waals surface area contributed by atoms with Gasteiger partial charge in [-0.1, -0.05) is 71.7 Å². The van der Waals surface area contributed by atoms with Crippen LogP contribution in [0.4, 0.5) is 5.69 Å². The minimum absolute atomic E-state index is 0.00372. The van der Waals surface area contributed by atoms with E-state index in [9.17, 15) is 9.59 Å².